The molecule has 18 heavy (non-hydrogen) atoms. The molecule has 1 aromatic rings. The highest BCUT2D eigenvalue weighted by atomic mass is 35.5. The molecular weight excluding hydrogens is 254 g/mol. The van der Waals surface area contributed by atoms with E-state index in [1.807, 2.05) is 0 Å². The van der Waals surface area contributed by atoms with Crippen LogP contribution in [-0.4, -0.2) is 41.9 Å². The summed E-state index contributed by atoms with van der Waals surface area (Å²) in [6.45, 7) is 2.33. The van der Waals surface area contributed by atoms with Gasteiger partial charge in [-0.05, 0) is 18.8 Å². The van der Waals surface area contributed by atoms with Crippen LogP contribution in [-0.2, 0) is 11.3 Å². The lowest BCUT2D eigenvalue weighted by molar-refractivity contribution is 0.177. The second-order valence-electron chi connectivity index (χ2n) is 4.53. The predicted octanol–water partition coefficient (Wildman–Crippen LogP) is 1.49. The zero-order chi connectivity index (χ0) is 13.0. The Bertz CT molecular complexity index is 403. The van der Waals surface area contributed by atoms with Crippen molar-refractivity contribution >= 4 is 17.4 Å². The number of halogens is 1. The maximum atomic E-state index is 9.24. The molecule has 100 valence electrons. The summed E-state index contributed by atoms with van der Waals surface area (Å²) in [5.41, 5.74) is 0. The Kier molecular flexibility index (Phi) is 4.74. The predicted molar refractivity (Wildman–Crippen MR) is 69.8 cm³/mol. The molecule has 6 heteroatoms. The summed E-state index contributed by atoms with van der Waals surface area (Å²) >= 11 is 5.99. The third kappa shape index (κ3) is 3.31. The van der Waals surface area contributed by atoms with Crippen LogP contribution in [0.1, 0.15) is 18.7 Å². The zero-order valence-corrected chi connectivity index (χ0v) is 11.2. The number of ether oxygens (including phenoxy) is 1. The largest absolute Gasteiger partial charge is 0.396 e. The van der Waals surface area contributed by atoms with Gasteiger partial charge in [-0.25, -0.2) is 9.97 Å². The Hall–Kier alpha value is -0.910. The van der Waals surface area contributed by atoms with E-state index in [2.05, 4.69) is 14.9 Å². The van der Waals surface area contributed by atoms with E-state index >= 15 is 0 Å². The molecule has 5 nitrogen and oxygen atoms in total. The van der Waals surface area contributed by atoms with E-state index in [1.165, 1.54) is 0 Å². The van der Waals surface area contributed by atoms with Crippen LogP contribution in [0.25, 0.3) is 0 Å². The van der Waals surface area contributed by atoms with Crippen LogP contribution in [0.15, 0.2) is 6.07 Å². The second-order valence-corrected chi connectivity index (χ2v) is 4.92. The average Bonchev–Trinajstić information content (AvgIpc) is 2.38. The molecule has 0 radical (unpaired) electrons. The lowest BCUT2D eigenvalue weighted by Gasteiger charge is -2.32. The van der Waals surface area contributed by atoms with Crippen LogP contribution in [0.2, 0.25) is 5.15 Å². The summed E-state index contributed by atoms with van der Waals surface area (Å²) in [5, 5.41) is 9.67. The van der Waals surface area contributed by atoms with Crippen molar-refractivity contribution in [1.82, 2.24) is 9.97 Å². The lowest BCUT2D eigenvalue weighted by Crippen LogP contribution is -2.37. The number of hydrogen-bond acceptors (Lipinski definition) is 5. The topological polar surface area (TPSA) is 58.5 Å². The number of aromatic nitrogens is 2. The maximum Gasteiger partial charge on any atom is 0.158 e. The first-order valence-electron chi connectivity index (χ1n) is 6.11. The number of aliphatic hydroxyl groups is 1. The summed E-state index contributed by atoms with van der Waals surface area (Å²) in [5.74, 6) is 1.73. The van der Waals surface area contributed by atoms with Crippen molar-refractivity contribution in [2.24, 2.45) is 5.92 Å². The van der Waals surface area contributed by atoms with Crippen LogP contribution in [0.3, 0.4) is 0 Å². The minimum Gasteiger partial charge on any atom is -0.396 e. The molecule has 1 aliphatic rings. The number of nitrogens with zero attached hydrogens (tertiary/aromatic N) is 3. The Balaban J connectivity index is 2.16. The van der Waals surface area contributed by atoms with E-state index in [9.17, 15) is 5.11 Å². The molecule has 1 aromatic heterocycles. The molecule has 2 heterocycles. The molecule has 1 saturated heterocycles. The highest BCUT2D eigenvalue weighted by Gasteiger charge is 2.21. The summed E-state index contributed by atoms with van der Waals surface area (Å²) in [6.07, 6.45) is 2.13. The van der Waals surface area contributed by atoms with Gasteiger partial charge in [-0.1, -0.05) is 11.6 Å². The van der Waals surface area contributed by atoms with Gasteiger partial charge in [0.2, 0.25) is 0 Å². The van der Waals surface area contributed by atoms with Gasteiger partial charge in [-0.3, -0.25) is 0 Å². The number of methoxy groups -OCH3 is 1. The summed E-state index contributed by atoms with van der Waals surface area (Å²) < 4.78 is 5.03. The molecule has 0 amide bonds. The van der Waals surface area contributed by atoms with Crippen molar-refractivity contribution < 1.29 is 9.84 Å². The fraction of sp³-hybridized carbons (Fsp3) is 0.667. The molecule has 1 N–H and O–H groups in total. The molecule has 1 atom stereocenters. The number of piperidine rings is 1. The lowest BCUT2D eigenvalue weighted by atomic mass is 9.99. The fourth-order valence-corrected chi connectivity index (χ4v) is 2.42. The molecule has 1 unspecified atom stereocenters. The molecule has 0 spiro atoms. The monoisotopic (exact) mass is 271 g/mol. The maximum absolute atomic E-state index is 9.24. The van der Waals surface area contributed by atoms with E-state index in [0.717, 1.165) is 31.7 Å². The minimum absolute atomic E-state index is 0.222. The Morgan fingerprint density at radius 3 is 3.11 bits per heavy atom. The van der Waals surface area contributed by atoms with E-state index in [4.69, 9.17) is 16.3 Å². The van der Waals surface area contributed by atoms with Crippen LogP contribution in [0, 0.1) is 5.92 Å². The molecule has 0 aliphatic carbocycles. The first kappa shape index (κ1) is 13.5. The number of aliphatic hydroxyl groups excluding tert-OH is 1. The fourth-order valence-electron chi connectivity index (χ4n) is 2.23. The van der Waals surface area contributed by atoms with Crippen molar-refractivity contribution in [3.63, 3.8) is 0 Å². The van der Waals surface area contributed by atoms with Crippen molar-refractivity contribution in [3.8, 4) is 0 Å². The van der Waals surface area contributed by atoms with Crippen LogP contribution in [0.4, 0.5) is 5.82 Å². The summed E-state index contributed by atoms with van der Waals surface area (Å²) in [4.78, 5) is 10.7. The van der Waals surface area contributed by atoms with Gasteiger partial charge in [-0.2, -0.15) is 0 Å². The number of hydrogen-bond donors (Lipinski definition) is 1. The van der Waals surface area contributed by atoms with Gasteiger partial charge in [-0.15, -0.1) is 0 Å². The average molecular weight is 272 g/mol. The van der Waals surface area contributed by atoms with Crippen LogP contribution < -0.4 is 4.90 Å². The molecule has 0 saturated carbocycles. The first-order chi connectivity index (χ1) is 8.72. The van der Waals surface area contributed by atoms with Gasteiger partial charge in [0.15, 0.2) is 5.82 Å². The molecular formula is C12H18ClN3O2. The molecule has 0 aromatic carbocycles. The Morgan fingerprint density at radius 1 is 1.56 bits per heavy atom. The molecule has 1 fully saturated rings. The van der Waals surface area contributed by atoms with Crippen molar-refractivity contribution in [2.45, 2.75) is 19.4 Å². The number of anilines is 1. The van der Waals surface area contributed by atoms with Crippen LogP contribution >= 0.6 is 11.6 Å². The number of rotatable bonds is 4. The van der Waals surface area contributed by atoms with E-state index in [-0.39, 0.29) is 6.61 Å². The summed E-state index contributed by atoms with van der Waals surface area (Å²) in [6, 6.07) is 1.76. The zero-order valence-electron chi connectivity index (χ0n) is 10.5. The van der Waals surface area contributed by atoms with Gasteiger partial charge < -0.3 is 14.7 Å². The smallest absolute Gasteiger partial charge is 0.158 e. The third-order valence-corrected chi connectivity index (χ3v) is 3.30. The SMILES string of the molecule is COCc1nc(Cl)cc(N2CCCC(CO)C2)n1. The normalized spacial score (nSPS) is 20.2. The first-order valence-corrected chi connectivity index (χ1v) is 6.49. The van der Waals surface area contributed by atoms with Crippen molar-refractivity contribution in [1.29, 1.82) is 0 Å². The Labute approximate surface area is 112 Å². The molecule has 0 bridgehead atoms. The van der Waals surface area contributed by atoms with Gasteiger partial charge >= 0.3 is 0 Å². The van der Waals surface area contributed by atoms with Crippen molar-refractivity contribution in [3.05, 3.63) is 17.0 Å². The quantitative estimate of drug-likeness (QED) is 0.841. The second kappa shape index (κ2) is 6.31. The minimum atomic E-state index is 0.222. The van der Waals surface area contributed by atoms with E-state index < -0.39 is 0 Å². The van der Waals surface area contributed by atoms with E-state index in [0.29, 0.717) is 23.5 Å². The van der Waals surface area contributed by atoms with Gasteiger partial charge in [0, 0.05) is 32.9 Å². The van der Waals surface area contributed by atoms with Crippen LogP contribution in [0.5, 0.6) is 0 Å². The molecule has 1 aliphatic heterocycles. The van der Waals surface area contributed by atoms with E-state index in [1.54, 1.807) is 13.2 Å². The van der Waals surface area contributed by atoms with Gasteiger partial charge in [0.05, 0.1) is 0 Å². The Morgan fingerprint density at radius 2 is 2.39 bits per heavy atom. The summed E-state index contributed by atoms with van der Waals surface area (Å²) in [7, 11) is 1.60. The highest BCUT2D eigenvalue weighted by molar-refractivity contribution is 6.29. The molecule has 2 rings (SSSR count). The van der Waals surface area contributed by atoms with Crippen molar-refractivity contribution in [2.75, 3.05) is 31.7 Å². The standard InChI is InChI=1S/C12H18ClN3O2/c1-18-8-11-14-10(13)5-12(15-11)16-4-2-3-9(6-16)7-17/h5,9,17H,2-4,6-8H2,1H3. The van der Waals surface area contributed by atoms with Gasteiger partial charge in [0.1, 0.15) is 17.6 Å². The highest BCUT2D eigenvalue weighted by Crippen LogP contribution is 2.23. The third-order valence-electron chi connectivity index (χ3n) is 3.10. The van der Waals surface area contributed by atoms with Gasteiger partial charge in [0.25, 0.3) is 0 Å².